The Balaban J connectivity index is 1.45. The van der Waals surface area contributed by atoms with Crippen LogP contribution in [0.4, 0.5) is 5.82 Å². The Morgan fingerprint density at radius 2 is 1.65 bits per heavy atom. The van der Waals surface area contributed by atoms with Gasteiger partial charge in [0.2, 0.25) is 5.91 Å². The summed E-state index contributed by atoms with van der Waals surface area (Å²) in [6.45, 7) is 4.75. The van der Waals surface area contributed by atoms with Crippen molar-refractivity contribution in [3.8, 4) is 11.4 Å². The highest BCUT2D eigenvalue weighted by Gasteiger charge is 2.31. The molecule has 0 bridgehead atoms. The number of aromatic nitrogens is 2. The first-order valence-electron chi connectivity index (χ1n) is 12.0. The molecule has 0 aliphatic carbocycles. The second-order valence-corrected chi connectivity index (χ2v) is 8.88. The molecule has 1 aromatic heterocycles. The number of rotatable bonds is 6. The summed E-state index contributed by atoms with van der Waals surface area (Å²) >= 11 is 0. The van der Waals surface area contributed by atoms with Crippen molar-refractivity contribution in [1.29, 1.82) is 0 Å². The van der Waals surface area contributed by atoms with Gasteiger partial charge in [-0.3, -0.25) is 14.6 Å². The average Bonchev–Trinajstić information content (AvgIpc) is 3.25. The number of hydrogen-bond donors (Lipinski definition) is 1. The first-order valence-corrected chi connectivity index (χ1v) is 12.0. The van der Waals surface area contributed by atoms with Crippen molar-refractivity contribution in [2.24, 2.45) is 0 Å². The van der Waals surface area contributed by atoms with Gasteiger partial charge < -0.3 is 5.11 Å². The molecule has 174 valence electrons. The minimum absolute atomic E-state index is 0.0996. The number of piperidine rings is 1. The van der Waals surface area contributed by atoms with Crippen molar-refractivity contribution < 1.29 is 9.90 Å². The van der Waals surface area contributed by atoms with E-state index in [1.54, 1.807) is 12.1 Å². The number of likely N-dealkylation sites (tertiary alicyclic amines) is 1. The number of nitrogens with zero attached hydrogens (tertiary/aromatic N) is 4. The number of carbonyl (C=O) groups excluding carboxylic acids is 1. The monoisotopic (exact) mass is 454 g/mol. The minimum atomic E-state index is 0.0996. The van der Waals surface area contributed by atoms with Crippen LogP contribution in [0.15, 0.2) is 78.9 Å². The van der Waals surface area contributed by atoms with Crippen LogP contribution in [0.2, 0.25) is 0 Å². The molecule has 1 fully saturated rings. The molecule has 0 saturated carbocycles. The standard InChI is InChI=1S/C28H30N4O2/c1-2-27(34)31(22-16-18-30(19-17-22)20-21-8-4-3-5-9-21)28-25-10-6-7-11-26(25)32(29-28)23-12-14-24(33)15-13-23/h3-15,22,33H,2,16-20H2,1H3. The molecular formula is C28H30N4O2. The Hall–Kier alpha value is -3.64. The molecule has 0 atom stereocenters. The molecule has 0 radical (unpaired) electrons. The molecule has 3 aromatic carbocycles. The summed E-state index contributed by atoms with van der Waals surface area (Å²) in [5, 5.41) is 15.6. The van der Waals surface area contributed by atoms with E-state index in [0.717, 1.165) is 54.9 Å². The maximum atomic E-state index is 13.2. The molecule has 0 unspecified atom stereocenters. The molecule has 1 aliphatic heterocycles. The van der Waals surface area contributed by atoms with Gasteiger partial charge in [-0.2, -0.15) is 0 Å². The Morgan fingerprint density at radius 1 is 0.971 bits per heavy atom. The van der Waals surface area contributed by atoms with E-state index in [0.29, 0.717) is 6.42 Å². The molecule has 2 heterocycles. The van der Waals surface area contributed by atoms with Crippen LogP contribution in [0.5, 0.6) is 5.75 Å². The zero-order valence-corrected chi connectivity index (χ0v) is 19.5. The summed E-state index contributed by atoms with van der Waals surface area (Å²) in [7, 11) is 0. The van der Waals surface area contributed by atoms with Gasteiger partial charge >= 0.3 is 0 Å². The molecule has 1 saturated heterocycles. The zero-order chi connectivity index (χ0) is 23.5. The number of benzene rings is 3. The van der Waals surface area contributed by atoms with E-state index in [4.69, 9.17) is 5.10 Å². The lowest BCUT2D eigenvalue weighted by Gasteiger charge is -2.37. The predicted molar refractivity (Wildman–Crippen MR) is 135 cm³/mol. The summed E-state index contributed by atoms with van der Waals surface area (Å²) in [5.74, 6) is 1.03. The van der Waals surface area contributed by atoms with Gasteiger partial charge in [0.1, 0.15) is 5.75 Å². The Bertz CT molecular complexity index is 1260. The zero-order valence-electron chi connectivity index (χ0n) is 19.5. The van der Waals surface area contributed by atoms with Gasteiger partial charge in [-0.1, -0.05) is 49.4 Å². The third-order valence-corrected chi connectivity index (χ3v) is 6.63. The Morgan fingerprint density at radius 3 is 2.35 bits per heavy atom. The van der Waals surface area contributed by atoms with E-state index in [-0.39, 0.29) is 17.7 Å². The summed E-state index contributed by atoms with van der Waals surface area (Å²) in [6, 6.07) is 25.7. The molecule has 0 spiro atoms. The van der Waals surface area contributed by atoms with E-state index in [9.17, 15) is 9.90 Å². The molecule has 6 heteroatoms. The number of phenolic OH excluding ortho intramolecular Hbond substituents is 1. The van der Waals surface area contributed by atoms with Crippen LogP contribution in [0.1, 0.15) is 31.7 Å². The predicted octanol–water partition coefficient (Wildman–Crippen LogP) is 5.14. The van der Waals surface area contributed by atoms with Gasteiger partial charge in [0.15, 0.2) is 5.82 Å². The van der Waals surface area contributed by atoms with Crippen LogP contribution >= 0.6 is 0 Å². The number of para-hydroxylation sites is 1. The average molecular weight is 455 g/mol. The number of anilines is 1. The third-order valence-electron chi connectivity index (χ3n) is 6.63. The summed E-state index contributed by atoms with van der Waals surface area (Å²) in [4.78, 5) is 17.7. The van der Waals surface area contributed by atoms with E-state index in [1.165, 1.54) is 5.56 Å². The van der Waals surface area contributed by atoms with E-state index >= 15 is 0 Å². The number of amides is 1. The first-order chi connectivity index (χ1) is 16.6. The van der Waals surface area contributed by atoms with Gasteiger partial charge in [-0.05, 0) is 54.8 Å². The van der Waals surface area contributed by atoms with Crippen LogP contribution in [0.25, 0.3) is 16.6 Å². The molecule has 1 N–H and O–H groups in total. The molecule has 6 nitrogen and oxygen atoms in total. The number of fused-ring (bicyclic) bond motifs is 1. The number of carbonyl (C=O) groups is 1. The lowest BCUT2D eigenvalue weighted by Crippen LogP contribution is -2.47. The fourth-order valence-electron chi connectivity index (χ4n) is 4.86. The second kappa shape index (κ2) is 9.69. The van der Waals surface area contributed by atoms with Gasteiger partial charge in [-0.15, -0.1) is 5.10 Å². The smallest absolute Gasteiger partial charge is 0.228 e. The second-order valence-electron chi connectivity index (χ2n) is 8.88. The maximum absolute atomic E-state index is 13.2. The third kappa shape index (κ3) is 4.41. The van der Waals surface area contributed by atoms with Crippen molar-refractivity contribution in [3.05, 3.63) is 84.4 Å². The summed E-state index contributed by atoms with van der Waals surface area (Å²) in [5.41, 5.74) is 3.11. The highest BCUT2D eigenvalue weighted by atomic mass is 16.3. The molecule has 4 aromatic rings. The molecule has 1 aliphatic rings. The number of hydrogen-bond acceptors (Lipinski definition) is 4. The first kappa shape index (κ1) is 22.2. The normalized spacial score (nSPS) is 15.0. The van der Waals surface area contributed by atoms with Crippen LogP contribution < -0.4 is 4.90 Å². The lowest BCUT2D eigenvalue weighted by atomic mass is 10.0. The maximum Gasteiger partial charge on any atom is 0.228 e. The fraction of sp³-hybridized carbons (Fsp3) is 0.286. The number of phenols is 1. The van der Waals surface area contributed by atoms with E-state index in [2.05, 4.69) is 29.2 Å². The van der Waals surface area contributed by atoms with Crippen molar-refractivity contribution in [2.45, 2.75) is 38.8 Å². The van der Waals surface area contributed by atoms with Crippen LogP contribution in [-0.2, 0) is 11.3 Å². The quantitative estimate of drug-likeness (QED) is 0.438. The molecular weight excluding hydrogens is 424 g/mol. The van der Waals surface area contributed by atoms with Gasteiger partial charge in [0.05, 0.1) is 11.2 Å². The van der Waals surface area contributed by atoms with Gasteiger partial charge in [0, 0.05) is 37.5 Å². The van der Waals surface area contributed by atoms with Gasteiger partial charge in [-0.25, -0.2) is 4.68 Å². The summed E-state index contributed by atoms with van der Waals surface area (Å²) < 4.78 is 1.87. The summed E-state index contributed by atoms with van der Waals surface area (Å²) in [6.07, 6.45) is 2.27. The van der Waals surface area contributed by atoms with Crippen LogP contribution in [0, 0.1) is 0 Å². The van der Waals surface area contributed by atoms with Gasteiger partial charge in [0.25, 0.3) is 0 Å². The lowest BCUT2D eigenvalue weighted by molar-refractivity contribution is -0.119. The van der Waals surface area contributed by atoms with Crippen molar-refractivity contribution in [2.75, 3.05) is 18.0 Å². The van der Waals surface area contributed by atoms with E-state index in [1.807, 2.05) is 59.0 Å². The van der Waals surface area contributed by atoms with Crippen molar-refractivity contribution in [3.63, 3.8) is 0 Å². The van der Waals surface area contributed by atoms with Crippen LogP contribution in [0.3, 0.4) is 0 Å². The van der Waals surface area contributed by atoms with Crippen LogP contribution in [-0.4, -0.2) is 44.8 Å². The number of aromatic hydroxyl groups is 1. The van der Waals surface area contributed by atoms with E-state index < -0.39 is 0 Å². The topological polar surface area (TPSA) is 61.6 Å². The highest BCUT2D eigenvalue weighted by molar-refractivity contribution is 6.02. The highest BCUT2D eigenvalue weighted by Crippen LogP contribution is 2.33. The van der Waals surface area contributed by atoms with Crippen molar-refractivity contribution in [1.82, 2.24) is 14.7 Å². The largest absolute Gasteiger partial charge is 0.508 e. The molecule has 1 amide bonds. The minimum Gasteiger partial charge on any atom is -0.508 e. The fourth-order valence-corrected chi connectivity index (χ4v) is 4.86. The molecule has 5 rings (SSSR count). The Labute approximate surface area is 200 Å². The Kier molecular flexibility index (Phi) is 6.32. The van der Waals surface area contributed by atoms with Crippen molar-refractivity contribution >= 4 is 22.6 Å². The molecule has 34 heavy (non-hydrogen) atoms. The SMILES string of the molecule is CCC(=O)N(c1nn(-c2ccc(O)cc2)c2ccccc12)C1CCN(Cc2ccccc2)CC1.